The van der Waals surface area contributed by atoms with Gasteiger partial charge in [-0.2, -0.15) is 10.5 Å². The van der Waals surface area contributed by atoms with Gasteiger partial charge in [-0.15, -0.1) is 0 Å². The molecule has 1 radical (unpaired) electrons. The van der Waals surface area contributed by atoms with E-state index < -0.39 is 47.3 Å². The molecule has 4 rings (SSSR count). The molecule has 5 N–H and O–H groups in total. The van der Waals surface area contributed by atoms with E-state index in [-0.39, 0.29) is 43.1 Å². The molecule has 0 saturated heterocycles. The van der Waals surface area contributed by atoms with E-state index in [9.17, 15) is 29.7 Å². The number of benzene rings is 2. The van der Waals surface area contributed by atoms with Crippen molar-refractivity contribution < 1.29 is 42.5 Å². The van der Waals surface area contributed by atoms with Crippen LogP contribution in [-0.2, 0) is 29.6 Å². The van der Waals surface area contributed by atoms with E-state index in [1.807, 2.05) is 0 Å². The molecule has 0 fully saturated rings. The quantitative estimate of drug-likeness (QED) is 0.0326. The largest absolute Gasteiger partial charge is 0.493 e. The van der Waals surface area contributed by atoms with Crippen LogP contribution in [0.2, 0.25) is 5.02 Å². The Bertz CT molecular complexity index is 2310. The molecule has 0 aliphatic heterocycles. The normalized spacial score (nSPS) is 12.2. The highest BCUT2D eigenvalue weighted by molar-refractivity contribution is 7.98. The lowest BCUT2D eigenvalue weighted by molar-refractivity contribution is -0.146. The highest BCUT2D eigenvalue weighted by Gasteiger charge is 2.28. The zero-order chi connectivity index (χ0) is 46.3. The second-order valence-corrected chi connectivity index (χ2v) is 17.2. The van der Waals surface area contributed by atoms with Crippen LogP contribution < -0.4 is 26.4 Å². The van der Waals surface area contributed by atoms with Crippen LogP contribution in [0.25, 0.3) is 22.6 Å². The Morgan fingerprint density at radius 1 is 0.889 bits per heavy atom. The van der Waals surface area contributed by atoms with E-state index in [1.54, 1.807) is 96.5 Å². The van der Waals surface area contributed by atoms with Crippen molar-refractivity contribution >= 4 is 53.2 Å². The summed E-state index contributed by atoms with van der Waals surface area (Å²) in [5, 5.41) is 28.8. The monoisotopic (exact) mass is 901 g/mol. The van der Waals surface area contributed by atoms with E-state index in [0.717, 1.165) is 5.56 Å². The number of nitrogens with two attached hydrogens (primary N) is 1. The summed E-state index contributed by atoms with van der Waals surface area (Å²) in [4.78, 5) is 59.3. The SMILES string of the molecule is C[C@H](NC(=O)[C@H](CCCNC(=O)OC(C)(C)C)NC(=O)OC(C)(C)C)C(=O)OC[CH]COc1ccc(-c2c(C#N)c(N)nc(SCc3coc(-c4ccc(Cl)cc4)n3)c2C#N)cc1. The number of aromatic nitrogens is 2. The summed E-state index contributed by atoms with van der Waals surface area (Å²) >= 11 is 7.22. The lowest BCUT2D eigenvalue weighted by Gasteiger charge is -2.24. The molecule has 0 spiro atoms. The number of alkyl carbamates (subject to hydrolysis) is 2. The van der Waals surface area contributed by atoms with E-state index in [1.165, 1.54) is 24.9 Å². The summed E-state index contributed by atoms with van der Waals surface area (Å²) in [5.41, 5.74) is 7.15. The number of ether oxygens (including phenoxy) is 4. The molecule has 2 aromatic heterocycles. The Morgan fingerprint density at radius 2 is 1.52 bits per heavy atom. The number of thioether (sulfide) groups is 1. The number of nitriles is 2. The average molecular weight is 902 g/mol. The first-order valence-corrected chi connectivity index (χ1v) is 21.1. The number of halogens is 1. The molecule has 0 unspecified atom stereocenters. The van der Waals surface area contributed by atoms with Gasteiger partial charge in [-0.25, -0.2) is 24.4 Å². The Hall–Kier alpha value is -6.50. The van der Waals surface area contributed by atoms with Crippen LogP contribution in [0.1, 0.15) is 78.1 Å². The molecular weight excluding hydrogens is 852 g/mol. The summed E-state index contributed by atoms with van der Waals surface area (Å²) in [6.07, 6.45) is 2.05. The summed E-state index contributed by atoms with van der Waals surface area (Å²) in [6, 6.07) is 15.8. The maximum Gasteiger partial charge on any atom is 0.408 e. The number of pyridine rings is 1. The molecule has 3 amide bonds. The van der Waals surface area contributed by atoms with Gasteiger partial charge in [0, 0.05) is 34.9 Å². The van der Waals surface area contributed by atoms with Crippen LogP contribution in [0.4, 0.5) is 15.4 Å². The average Bonchev–Trinajstić information content (AvgIpc) is 3.69. The standard InChI is InChI=1S/C44H50ClN8O9S/c1-26(50-37(54)34(52-42(57)62-44(5,6)7)10-8-19-49-41(56)61-43(2,3)4)40(55)59-21-9-20-58-31-17-13-27(14-18-31)35-32(22-46)36(48)53-39(33(35)23-47)63-25-30-24-60-38(51-30)28-11-15-29(45)16-12-28/h9,11-18,24,26,34H,8,10,19-21,25H2,1-7H3,(H2,48,53)(H,49,56)(H,50,54)(H,52,57)/t26-,34-/m0/s1. The summed E-state index contributed by atoms with van der Waals surface area (Å²) < 4.78 is 27.2. The second-order valence-electron chi connectivity index (χ2n) is 15.8. The fourth-order valence-electron chi connectivity index (χ4n) is 5.52. The van der Waals surface area contributed by atoms with Crippen LogP contribution in [-0.4, -0.2) is 77.1 Å². The predicted molar refractivity (Wildman–Crippen MR) is 235 cm³/mol. The first kappa shape index (κ1) is 49.2. The van der Waals surface area contributed by atoms with Gasteiger partial charge in [-0.05, 0) is 103 Å². The Kier molecular flexibility index (Phi) is 17.6. The van der Waals surface area contributed by atoms with E-state index in [2.05, 4.69) is 38.1 Å². The molecule has 4 aromatic rings. The Labute approximate surface area is 375 Å². The molecule has 0 aliphatic carbocycles. The minimum atomic E-state index is -1.09. The van der Waals surface area contributed by atoms with Crippen molar-refractivity contribution in [3.8, 4) is 40.5 Å². The van der Waals surface area contributed by atoms with Gasteiger partial charge in [0.15, 0.2) is 0 Å². The fraction of sp³-hybridized carbons (Fsp3) is 0.386. The van der Waals surface area contributed by atoms with Crippen molar-refractivity contribution in [3.05, 3.63) is 83.1 Å². The number of nitrogens with zero attached hydrogens (tertiary/aromatic N) is 4. The van der Waals surface area contributed by atoms with Crippen LogP contribution in [0.5, 0.6) is 5.75 Å². The number of hydrogen-bond donors (Lipinski definition) is 4. The van der Waals surface area contributed by atoms with Crippen LogP contribution in [0.3, 0.4) is 0 Å². The van der Waals surface area contributed by atoms with Gasteiger partial charge in [-0.1, -0.05) is 35.5 Å². The van der Waals surface area contributed by atoms with Crippen molar-refractivity contribution in [2.45, 2.75) is 95.4 Å². The number of rotatable bonds is 18. The fourth-order valence-corrected chi connectivity index (χ4v) is 6.52. The number of oxazole rings is 1. The first-order valence-electron chi connectivity index (χ1n) is 19.7. The Balaban J connectivity index is 1.28. The summed E-state index contributed by atoms with van der Waals surface area (Å²) in [5.74, 6) is -0.247. The van der Waals surface area contributed by atoms with Crippen LogP contribution in [0, 0.1) is 29.1 Å². The zero-order valence-corrected chi connectivity index (χ0v) is 37.6. The predicted octanol–water partition coefficient (Wildman–Crippen LogP) is 7.50. The first-order chi connectivity index (χ1) is 29.8. The molecule has 19 heteroatoms. The summed E-state index contributed by atoms with van der Waals surface area (Å²) in [7, 11) is 0. The van der Waals surface area contributed by atoms with Gasteiger partial charge in [-0.3, -0.25) is 4.79 Å². The number of esters is 1. The van der Waals surface area contributed by atoms with Gasteiger partial charge in [0.05, 0.1) is 24.5 Å². The van der Waals surface area contributed by atoms with Gasteiger partial charge in [0.2, 0.25) is 11.8 Å². The van der Waals surface area contributed by atoms with Gasteiger partial charge < -0.3 is 45.0 Å². The molecular formula is C44H50ClN8O9S. The van der Waals surface area contributed by atoms with Crippen molar-refractivity contribution in [3.63, 3.8) is 0 Å². The molecule has 2 atom stereocenters. The maximum atomic E-state index is 13.2. The number of hydrogen-bond acceptors (Lipinski definition) is 15. The van der Waals surface area contributed by atoms with Gasteiger partial charge in [0.1, 0.15) is 63.8 Å². The molecule has 2 heterocycles. The van der Waals surface area contributed by atoms with E-state index in [4.69, 9.17) is 40.7 Å². The number of anilines is 1. The number of carbonyl (C=O) groups is 4. The molecule has 63 heavy (non-hydrogen) atoms. The maximum absolute atomic E-state index is 13.2. The summed E-state index contributed by atoms with van der Waals surface area (Å²) in [6.45, 7) is 11.8. The highest BCUT2D eigenvalue weighted by Crippen LogP contribution is 2.37. The molecule has 333 valence electrons. The van der Waals surface area contributed by atoms with Gasteiger partial charge >= 0.3 is 18.2 Å². The van der Waals surface area contributed by atoms with Crippen molar-refractivity contribution in [2.75, 3.05) is 25.5 Å². The lowest BCUT2D eigenvalue weighted by Crippen LogP contribution is -2.52. The second kappa shape index (κ2) is 22.6. The smallest absolute Gasteiger partial charge is 0.408 e. The number of carbonyl (C=O) groups excluding carboxylic acids is 4. The van der Waals surface area contributed by atoms with Crippen molar-refractivity contribution in [1.82, 2.24) is 25.9 Å². The molecule has 0 bridgehead atoms. The zero-order valence-electron chi connectivity index (χ0n) is 36.0. The third-order valence-corrected chi connectivity index (χ3v) is 9.59. The Morgan fingerprint density at radius 3 is 2.16 bits per heavy atom. The number of nitrogens with one attached hydrogen (secondary N) is 3. The third kappa shape index (κ3) is 15.7. The topological polar surface area (TPSA) is 254 Å². The number of nitrogen functional groups attached to an aromatic ring is 1. The van der Waals surface area contributed by atoms with Crippen LogP contribution in [0.15, 0.2) is 64.2 Å². The van der Waals surface area contributed by atoms with E-state index in [0.29, 0.717) is 50.7 Å². The molecule has 2 aromatic carbocycles. The van der Waals surface area contributed by atoms with E-state index >= 15 is 0 Å². The van der Waals surface area contributed by atoms with Gasteiger partial charge in [0.25, 0.3) is 0 Å². The minimum Gasteiger partial charge on any atom is -0.493 e. The lowest BCUT2D eigenvalue weighted by atomic mass is 9.97. The van der Waals surface area contributed by atoms with Crippen molar-refractivity contribution in [2.24, 2.45) is 0 Å². The third-order valence-electron chi connectivity index (χ3n) is 8.33. The number of amides is 3. The molecule has 0 saturated carbocycles. The highest BCUT2D eigenvalue weighted by atomic mass is 35.5. The van der Waals surface area contributed by atoms with Crippen molar-refractivity contribution in [1.29, 1.82) is 10.5 Å². The molecule has 0 aliphatic rings. The molecule has 17 nitrogen and oxygen atoms in total. The van der Waals surface area contributed by atoms with Crippen LogP contribution >= 0.6 is 23.4 Å². The minimum absolute atomic E-state index is 0.0312.